The van der Waals surface area contributed by atoms with Crippen molar-refractivity contribution in [2.24, 2.45) is 5.41 Å². The maximum atomic E-state index is 12.1. The molecular formula is C13H20N2O4. The van der Waals surface area contributed by atoms with Crippen LogP contribution in [-0.2, 0) is 9.53 Å². The number of hydrogen-bond donors (Lipinski definition) is 2. The fraction of sp³-hybridized carbons (Fsp3) is 0.692. The van der Waals surface area contributed by atoms with Crippen molar-refractivity contribution in [2.75, 3.05) is 26.3 Å². The topological polar surface area (TPSA) is 78.9 Å². The first kappa shape index (κ1) is 15.3. The lowest BCUT2D eigenvalue weighted by Gasteiger charge is -2.28. The number of urea groups is 1. The second-order valence-corrected chi connectivity index (χ2v) is 4.87. The molecule has 1 heterocycles. The van der Waals surface area contributed by atoms with Crippen molar-refractivity contribution in [2.45, 2.75) is 26.3 Å². The third-order valence-corrected chi connectivity index (χ3v) is 3.30. The van der Waals surface area contributed by atoms with E-state index in [2.05, 4.69) is 11.2 Å². The molecule has 0 bridgehead atoms. The zero-order valence-electron chi connectivity index (χ0n) is 11.3. The molecule has 2 amide bonds. The molecule has 1 fully saturated rings. The first-order chi connectivity index (χ1) is 8.95. The molecule has 0 radical (unpaired) electrons. The highest BCUT2D eigenvalue weighted by molar-refractivity contribution is 5.79. The van der Waals surface area contributed by atoms with Gasteiger partial charge in [0.05, 0.1) is 25.8 Å². The van der Waals surface area contributed by atoms with Crippen molar-refractivity contribution in [3.05, 3.63) is 0 Å². The number of terminal acetylenes is 1. The Kier molecular flexibility index (Phi) is 5.19. The van der Waals surface area contributed by atoms with E-state index in [0.29, 0.717) is 6.54 Å². The van der Waals surface area contributed by atoms with E-state index in [4.69, 9.17) is 11.2 Å². The third-order valence-electron chi connectivity index (χ3n) is 3.30. The largest absolute Gasteiger partial charge is 0.481 e. The van der Waals surface area contributed by atoms with Crippen LogP contribution in [0.4, 0.5) is 4.79 Å². The number of ether oxygens (including phenoxy) is 1. The number of carbonyl (C=O) groups is 2. The molecule has 0 aliphatic carbocycles. The molecule has 0 spiro atoms. The lowest BCUT2D eigenvalue weighted by molar-refractivity contribution is -0.148. The van der Waals surface area contributed by atoms with Crippen LogP contribution in [0.5, 0.6) is 0 Å². The number of hydrogen-bond acceptors (Lipinski definition) is 3. The number of nitrogens with one attached hydrogen (secondary N) is 1. The molecule has 0 saturated carbocycles. The Morgan fingerprint density at radius 3 is 2.84 bits per heavy atom. The Bertz CT molecular complexity index is 391. The number of amides is 2. The van der Waals surface area contributed by atoms with Gasteiger partial charge in [-0.3, -0.25) is 4.79 Å². The van der Waals surface area contributed by atoms with Gasteiger partial charge < -0.3 is 20.1 Å². The second kappa shape index (κ2) is 6.43. The van der Waals surface area contributed by atoms with E-state index in [1.807, 2.05) is 6.92 Å². The zero-order chi connectivity index (χ0) is 14.5. The van der Waals surface area contributed by atoms with E-state index in [9.17, 15) is 14.7 Å². The molecule has 0 aromatic heterocycles. The molecule has 1 rings (SSSR count). The summed E-state index contributed by atoms with van der Waals surface area (Å²) in [6.07, 6.45) is 6.00. The lowest BCUT2D eigenvalue weighted by Crippen LogP contribution is -2.53. The van der Waals surface area contributed by atoms with Crippen LogP contribution in [0.15, 0.2) is 0 Å². The predicted molar refractivity (Wildman–Crippen MR) is 69.6 cm³/mol. The monoisotopic (exact) mass is 268 g/mol. The normalized spacial score (nSPS) is 25.6. The van der Waals surface area contributed by atoms with Gasteiger partial charge in [0.2, 0.25) is 0 Å². The van der Waals surface area contributed by atoms with Crippen molar-refractivity contribution < 1.29 is 19.4 Å². The molecule has 2 unspecified atom stereocenters. The van der Waals surface area contributed by atoms with E-state index in [0.717, 1.165) is 6.42 Å². The van der Waals surface area contributed by atoms with E-state index in [1.165, 1.54) is 4.90 Å². The van der Waals surface area contributed by atoms with Crippen LogP contribution >= 0.6 is 0 Å². The van der Waals surface area contributed by atoms with Crippen molar-refractivity contribution in [1.29, 1.82) is 0 Å². The van der Waals surface area contributed by atoms with Crippen molar-refractivity contribution in [3.63, 3.8) is 0 Å². The number of carbonyl (C=O) groups excluding carboxylic acids is 1. The number of nitrogens with zero attached hydrogens (tertiary/aromatic N) is 1. The molecule has 1 aliphatic heterocycles. The van der Waals surface area contributed by atoms with Crippen LogP contribution in [0.25, 0.3) is 0 Å². The highest BCUT2D eigenvalue weighted by Crippen LogP contribution is 2.28. The Labute approximate surface area is 113 Å². The number of carboxylic acid groups (broad SMARTS) is 1. The van der Waals surface area contributed by atoms with Gasteiger partial charge >= 0.3 is 12.0 Å². The smallest absolute Gasteiger partial charge is 0.318 e. The Morgan fingerprint density at radius 1 is 1.63 bits per heavy atom. The number of carboxylic acids is 1. The van der Waals surface area contributed by atoms with E-state index < -0.39 is 17.4 Å². The quantitative estimate of drug-likeness (QED) is 0.713. The maximum Gasteiger partial charge on any atom is 0.318 e. The maximum absolute atomic E-state index is 12.1. The van der Waals surface area contributed by atoms with Gasteiger partial charge in [0, 0.05) is 6.54 Å². The molecule has 19 heavy (non-hydrogen) atoms. The summed E-state index contributed by atoms with van der Waals surface area (Å²) in [6.45, 7) is 4.54. The molecule has 6 nitrogen and oxygen atoms in total. The van der Waals surface area contributed by atoms with Crippen LogP contribution in [0.2, 0.25) is 0 Å². The van der Waals surface area contributed by atoms with Crippen LogP contribution in [0.3, 0.4) is 0 Å². The van der Waals surface area contributed by atoms with Gasteiger partial charge in [-0.1, -0.05) is 12.8 Å². The first-order valence-electron chi connectivity index (χ1n) is 6.25. The standard InChI is InChI=1S/C13H20N2O4/c1-4-6-15(7-5-2)12(18)14-10-8-19-9-13(10,3)11(16)17/h1,10H,5-9H2,2-3H3,(H,14,18)(H,16,17). The Morgan fingerprint density at radius 2 is 2.32 bits per heavy atom. The lowest BCUT2D eigenvalue weighted by atomic mass is 9.85. The van der Waals surface area contributed by atoms with Gasteiger partial charge in [-0.2, -0.15) is 0 Å². The molecule has 106 valence electrons. The molecule has 6 heteroatoms. The number of aliphatic carboxylic acids is 1. The highest BCUT2D eigenvalue weighted by atomic mass is 16.5. The van der Waals surface area contributed by atoms with Crippen molar-refractivity contribution in [1.82, 2.24) is 10.2 Å². The molecule has 1 saturated heterocycles. The Balaban J connectivity index is 2.70. The SMILES string of the molecule is C#CCN(CCC)C(=O)NC1COCC1(C)C(=O)O. The van der Waals surface area contributed by atoms with Gasteiger partial charge in [-0.05, 0) is 13.3 Å². The fourth-order valence-corrected chi connectivity index (χ4v) is 1.96. The third kappa shape index (κ3) is 3.38. The van der Waals surface area contributed by atoms with Gasteiger partial charge in [0.25, 0.3) is 0 Å². The van der Waals surface area contributed by atoms with Gasteiger partial charge in [-0.15, -0.1) is 6.42 Å². The second-order valence-electron chi connectivity index (χ2n) is 4.87. The minimum atomic E-state index is -1.09. The highest BCUT2D eigenvalue weighted by Gasteiger charge is 2.47. The molecule has 2 atom stereocenters. The van der Waals surface area contributed by atoms with Crippen LogP contribution in [0, 0.1) is 17.8 Å². The summed E-state index contributed by atoms with van der Waals surface area (Å²) in [5, 5.41) is 11.9. The molecule has 0 aromatic carbocycles. The average molecular weight is 268 g/mol. The van der Waals surface area contributed by atoms with Gasteiger partial charge in [-0.25, -0.2) is 4.79 Å². The molecule has 2 N–H and O–H groups in total. The van der Waals surface area contributed by atoms with E-state index >= 15 is 0 Å². The van der Waals surface area contributed by atoms with Crippen LogP contribution in [0.1, 0.15) is 20.3 Å². The van der Waals surface area contributed by atoms with Crippen molar-refractivity contribution >= 4 is 12.0 Å². The number of rotatable bonds is 5. The predicted octanol–water partition coefficient (Wildman–Crippen LogP) is 0.531. The summed E-state index contributed by atoms with van der Waals surface area (Å²) in [4.78, 5) is 24.8. The first-order valence-corrected chi connectivity index (χ1v) is 6.25. The molecule has 1 aliphatic rings. The Hall–Kier alpha value is -1.74. The van der Waals surface area contributed by atoms with Crippen LogP contribution in [-0.4, -0.2) is 54.4 Å². The summed E-state index contributed by atoms with van der Waals surface area (Å²) in [5.74, 6) is 1.44. The van der Waals surface area contributed by atoms with Gasteiger partial charge in [0.1, 0.15) is 5.41 Å². The van der Waals surface area contributed by atoms with Crippen molar-refractivity contribution in [3.8, 4) is 12.3 Å². The fourth-order valence-electron chi connectivity index (χ4n) is 1.96. The van der Waals surface area contributed by atoms with E-state index in [1.54, 1.807) is 6.92 Å². The molecular weight excluding hydrogens is 248 g/mol. The minimum absolute atomic E-state index is 0.0934. The summed E-state index contributed by atoms with van der Waals surface area (Å²) in [7, 11) is 0. The van der Waals surface area contributed by atoms with Crippen LogP contribution < -0.4 is 5.32 Å². The zero-order valence-corrected chi connectivity index (χ0v) is 11.3. The van der Waals surface area contributed by atoms with Gasteiger partial charge in [0.15, 0.2) is 0 Å². The summed E-state index contributed by atoms with van der Waals surface area (Å²) >= 11 is 0. The summed E-state index contributed by atoms with van der Waals surface area (Å²) < 4.78 is 5.18. The minimum Gasteiger partial charge on any atom is -0.481 e. The van der Waals surface area contributed by atoms with E-state index in [-0.39, 0.29) is 25.8 Å². The average Bonchev–Trinajstić information content (AvgIpc) is 2.72. The molecule has 0 aromatic rings. The summed E-state index contributed by atoms with van der Waals surface area (Å²) in [6, 6.07) is -0.891. The summed E-state index contributed by atoms with van der Waals surface area (Å²) in [5.41, 5.74) is -1.09.